The molecule has 0 aromatic carbocycles. The molecule has 0 saturated carbocycles. The minimum atomic E-state index is -0.177. The molecule has 0 N–H and O–H groups in total. The van der Waals surface area contributed by atoms with Crippen LogP contribution in [0.3, 0.4) is 0 Å². The number of rotatable bonds is 20. The minimum Gasteiger partial charge on any atom is -0.466 e. The number of ether oxygens (including phenoxy) is 2. The lowest BCUT2D eigenvalue weighted by Crippen LogP contribution is -2.07. The lowest BCUT2D eigenvalue weighted by Gasteiger charge is -2.06. The van der Waals surface area contributed by atoms with E-state index in [2.05, 4.69) is 19.9 Å². The highest BCUT2D eigenvalue weighted by atomic mass is 16.5. The largest absolute Gasteiger partial charge is 0.466 e. The zero-order valence-corrected chi connectivity index (χ0v) is 18.5. The Kier molecular flexibility index (Phi) is 20.9. The Bertz CT molecular complexity index is 390. The standard InChI is InChI=1S/C24H44O4/c1-3-5-7-9-10-11-12-13-14-18-22-28-24(26)20-16-15-19-23(25)27-21-17-8-6-4-2/h6,8H,3-5,7,9-22H2,1-2H3/b8-6+. The van der Waals surface area contributed by atoms with Crippen LogP contribution in [0.1, 0.15) is 117 Å². The molecule has 0 aliphatic rings. The van der Waals surface area contributed by atoms with Gasteiger partial charge in [0.2, 0.25) is 0 Å². The van der Waals surface area contributed by atoms with Gasteiger partial charge in [0.05, 0.1) is 13.2 Å². The van der Waals surface area contributed by atoms with E-state index in [4.69, 9.17) is 9.47 Å². The molecule has 0 bridgehead atoms. The molecule has 0 heterocycles. The Morgan fingerprint density at radius 2 is 1.11 bits per heavy atom. The molecular formula is C24H44O4. The van der Waals surface area contributed by atoms with Gasteiger partial charge >= 0.3 is 11.9 Å². The van der Waals surface area contributed by atoms with Crippen LogP contribution in [0.15, 0.2) is 12.2 Å². The number of allylic oxidation sites excluding steroid dienone is 1. The van der Waals surface area contributed by atoms with Crippen molar-refractivity contribution in [2.45, 2.75) is 117 Å². The van der Waals surface area contributed by atoms with Crippen molar-refractivity contribution in [1.82, 2.24) is 0 Å². The Balaban J connectivity index is 3.31. The van der Waals surface area contributed by atoms with Crippen molar-refractivity contribution in [3.63, 3.8) is 0 Å². The van der Waals surface area contributed by atoms with E-state index in [-0.39, 0.29) is 11.9 Å². The summed E-state index contributed by atoms with van der Waals surface area (Å²) in [5.74, 6) is -0.322. The molecular weight excluding hydrogens is 352 g/mol. The van der Waals surface area contributed by atoms with Crippen LogP contribution in [0.25, 0.3) is 0 Å². The van der Waals surface area contributed by atoms with Gasteiger partial charge in [-0.1, -0.05) is 83.8 Å². The second-order valence-electron chi connectivity index (χ2n) is 7.50. The number of hydrogen-bond acceptors (Lipinski definition) is 4. The first kappa shape index (κ1) is 26.7. The molecule has 0 aliphatic carbocycles. The van der Waals surface area contributed by atoms with Gasteiger partial charge < -0.3 is 9.47 Å². The number of esters is 2. The van der Waals surface area contributed by atoms with E-state index in [0.717, 1.165) is 25.7 Å². The number of carbonyl (C=O) groups is 2. The molecule has 0 radical (unpaired) electrons. The van der Waals surface area contributed by atoms with Crippen LogP contribution < -0.4 is 0 Å². The van der Waals surface area contributed by atoms with Crippen LogP contribution in [0.4, 0.5) is 0 Å². The monoisotopic (exact) mass is 396 g/mol. The van der Waals surface area contributed by atoms with E-state index >= 15 is 0 Å². The van der Waals surface area contributed by atoms with Crippen LogP contribution in [-0.4, -0.2) is 25.2 Å². The molecule has 4 nitrogen and oxygen atoms in total. The molecule has 0 atom stereocenters. The summed E-state index contributed by atoms with van der Waals surface area (Å²) in [5, 5.41) is 0. The summed E-state index contributed by atoms with van der Waals surface area (Å²) in [5.41, 5.74) is 0. The Labute approximate surface area is 173 Å². The van der Waals surface area contributed by atoms with Crippen molar-refractivity contribution in [3.8, 4) is 0 Å². The summed E-state index contributed by atoms with van der Waals surface area (Å²) in [4.78, 5) is 23.2. The van der Waals surface area contributed by atoms with Crippen molar-refractivity contribution < 1.29 is 19.1 Å². The summed E-state index contributed by atoms with van der Waals surface area (Å²) in [6.07, 6.45) is 20.8. The summed E-state index contributed by atoms with van der Waals surface area (Å²) in [6, 6.07) is 0. The van der Waals surface area contributed by atoms with Gasteiger partial charge in [-0.25, -0.2) is 0 Å². The fourth-order valence-corrected chi connectivity index (χ4v) is 2.98. The second-order valence-corrected chi connectivity index (χ2v) is 7.50. The van der Waals surface area contributed by atoms with Gasteiger partial charge in [0.15, 0.2) is 0 Å². The first-order chi connectivity index (χ1) is 13.7. The average Bonchev–Trinajstić information content (AvgIpc) is 2.69. The van der Waals surface area contributed by atoms with Crippen LogP contribution in [0.2, 0.25) is 0 Å². The zero-order chi connectivity index (χ0) is 20.7. The highest BCUT2D eigenvalue weighted by molar-refractivity contribution is 5.70. The molecule has 0 saturated heterocycles. The summed E-state index contributed by atoms with van der Waals surface area (Å²) >= 11 is 0. The highest BCUT2D eigenvalue weighted by Gasteiger charge is 2.06. The Hall–Kier alpha value is -1.32. The lowest BCUT2D eigenvalue weighted by molar-refractivity contribution is -0.145. The quantitative estimate of drug-likeness (QED) is 0.127. The van der Waals surface area contributed by atoms with Crippen LogP contribution in [0, 0.1) is 0 Å². The fraction of sp³-hybridized carbons (Fsp3) is 0.833. The van der Waals surface area contributed by atoms with E-state index in [1.807, 2.05) is 6.08 Å². The van der Waals surface area contributed by atoms with Crippen LogP contribution >= 0.6 is 0 Å². The molecule has 0 spiro atoms. The number of unbranched alkanes of at least 4 members (excludes halogenated alkanes) is 10. The molecule has 28 heavy (non-hydrogen) atoms. The number of carbonyl (C=O) groups excluding carboxylic acids is 2. The third kappa shape index (κ3) is 21.0. The average molecular weight is 397 g/mol. The van der Waals surface area contributed by atoms with Crippen molar-refractivity contribution in [2.24, 2.45) is 0 Å². The highest BCUT2D eigenvalue weighted by Crippen LogP contribution is 2.11. The van der Waals surface area contributed by atoms with E-state index < -0.39 is 0 Å². The van der Waals surface area contributed by atoms with Gasteiger partial charge in [0, 0.05) is 12.8 Å². The Morgan fingerprint density at radius 1 is 0.607 bits per heavy atom. The topological polar surface area (TPSA) is 52.6 Å². The van der Waals surface area contributed by atoms with Gasteiger partial charge in [-0.3, -0.25) is 9.59 Å². The predicted octanol–water partition coefficient (Wildman–Crippen LogP) is 6.91. The molecule has 0 aliphatic heterocycles. The van der Waals surface area contributed by atoms with Gasteiger partial charge in [0.25, 0.3) is 0 Å². The normalized spacial score (nSPS) is 11.1. The van der Waals surface area contributed by atoms with E-state index in [0.29, 0.717) is 38.9 Å². The summed E-state index contributed by atoms with van der Waals surface area (Å²) in [6.45, 7) is 5.29. The van der Waals surface area contributed by atoms with E-state index in [1.165, 1.54) is 51.4 Å². The van der Waals surface area contributed by atoms with E-state index in [9.17, 15) is 9.59 Å². The Morgan fingerprint density at radius 3 is 1.64 bits per heavy atom. The first-order valence-electron chi connectivity index (χ1n) is 11.7. The van der Waals surface area contributed by atoms with Crippen LogP contribution in [0.5, 0.6) is 0 Å². The SMILES string of the molecule is CC/C=C/CCOC(=O)CCCCC(=O)OCCCCCCCCCCCC. The first-order valence-corrected chi connectivity index (χ1v) is 11.7. The smallest absolute Gasteiger partial charge is 0.305 e. The second kappa shape index (κ2) is 22.0. The summed E-state index contributed by atoms with van der Waals surface area (Å²) in [7, 11) is 0. The lowest BCUT2D eigenvalue weighted by atomic mass is 10.1. The van der Waals surface area contributed by atoms with Crippen molar-refractivity contribution in [2.75, 3.05) is 13.2 Å². The van der Waals surface area contributed by atoms with Gasteiger partial charge in [0.1, 0.15) is 0 Å². The van der Waals surface area contributed by atoms with Crippen molar-refractivity contribution in [1.29, 1.82) is 0 Å². The summed E-state index contributed by atoms with van der Waals surface area (Å²) < 4.78 is 10.4. The maximum absolute atomic E-state index is 11.7. The van der Waals surface area contributed by atoms with Gasteiger partial charge in [-0.15, -0.1) is 0 Å². The molecule has 0 aromatic rings. The fourth-order valence-electron chi connectivity index (χ4n) is 2.98. The third-order valence-electron chi connectivity index (χ3n) is 4.72. The van der Waals surface area contributed by atoms with Crippen molar-refractivity contribution in [3.05, 3.63) is 12.2 Å². The van der Waals surface area contributed by atoms with Crippen molar-refractivity contribution >= 4 is 11.9 Å². The maximum Gasteiger partial charge on any atom is 0.305 e. The molecule has 164 valence electrons. The minimum absolute atomic E-state index is 0.144. The number of hydrogen-bond donors (Lipinski definition) is 0. The predicted molar refractivity (Wildman–Crippen MR) is 116 cm³/mol. The van der Waals surface area contributed by atoms with Gasteiger partial charge in [-0.05, 0) is 32.1 Å². The maximum atomic E-state index is 11.7. The molecule has 0 rings (SSSR count). The van der Waals surface area contributed by atoms with Crippen LogP contribution in [-0.2, 0) is 19.1 Å². The van der Waals surface area contributed by atoms with Gasteiger partial charge in [-0.2, -0.15) is 0 Å². The third-order valence-corrected chi connectivity index (χ3v) is 4.72. The van der Waals surface area contributed by atoms with E-state index in [1.54, 1.807) is 0 Å². The molecule has 0 fully saturated rings. The molecule has 0 unspecified atom stereocenters. The molecule has 0 aromatic heterocycles. The molecule has 0 amide bonds. The zero-order valence-electron chi connectivity index (χ0n) is 18.5. The molecule has 4 heteroatoms.